The molecule has 1 fully saturated rings. The Kier molecular flexibility index (Phi) is 5.47. The second kappa shape index (κ2) is 7.63. The molecule has 142 valence electrons. The van der Waals surface area contributed by atoms with E-state index >= 15 is 0 Å². The fraction of sp³-hybridized carbons (Fsp3) is 0.529. The van der Waals surface area contributed by atoms with Gasteiger partial charge < -0.3 is 9.73 Å². The molecule has 1 amide bonds. The summed E-state index contributed by atoms with van der Waals surface area (Å²) in [7, 11) is -3.66. The second-order valence-corrected chi connectivity index (χ2v) is 8.34. The van der Waals surface area contributed by atoms with Crippen LogP contribution in [0.25, 0.3) is 0 Å². The van der Waals surface area contributed by atoms with Gasteiger partial charge in [0.05, 0.1) is 24.4 Å². The number of aryl methyl sites for hydroxylation is 2. The molecular weight excluding hydrogens is 356 g/mol. The number of aromatic nitrogens is 2. The Balaban J connectivity index is 1.68. The number of carbonyl (C=O) groups is 1. The Morgan fingerprint density at radius 3 is 2.92 bits per heavy atom. The van der Waals surface area contributed by atoms with Crippen LogP contribution >= 0.6 is 0 Å². The summed E-state index contributed by atoms with van der Waals surface area (Å²) < 4.78 is 34.2. The van der Waals surface area contributed by atoms with E-state index in [1.165, 1.54) is 4.31 Å². The molecule has 1 atom stereocenters. The van der Waals surface area contributed by atoms with Gasteiger partial charge in [0.25, 0.3) is 0 Å². The quantitative estimate of drug-likeness (QED) is 0.819. The third kappa shape index (κ3) is 3.83. The van der Waals surface area contributed by atoms with Gasteiger partial charge in [-0.3, -0.25) is 9.48 Å². The smallest absolute Gasteiger partial charge is 0.246 e. The minimum Gasteiger partial charge on any atom is -0.467 e. The summed E-state index contributed by atoms with van der Waals surface area (Å²) in [5, 5.41) is 7.04. The zero-order valence-corrected chi connectivity index (χ0v) is 15.8. The van der Waals surface area contributed by atoms with Crippen LogP contribution in [-0.2, 0) is 27.9 Å². The maximum atomic E-state index is 13.0. The highest BCUT2D eigenvalue weighted by molar-refractivity contribution is 7.89. The van der Waals surface area contributed by atoms with E-state index < -0.39 is 10.0 Å². The van der Waals surface area contributed by atoms with Crippen molar-refractivity contribution < 1.29 is 17.6 Å². The number of nitrogens with zero attached hydrogens (tertiary/aromatic N) is 3. The van der Waals surface area contributed by atoms with Crippen molar-refractivity contribution in [2.45, 2.75) is 44.7 Å². The molecule has 0 saturated carbocycles. The molecule has 8 nitrogen and oxygen atoms in total. The summed E-state index contributed by atoms with van der Waals surface area (Å²) in [5.74, 6) is 0.151. The number of hydrogen-bond donors (Lipinski definition) is 1. The molecule has 0 radical (unpaired) electrons. The molecule has 26 heavy (non-hydrogen) atoms. The van der Waals surface area contributed by atoms with Crippen LogP contribution in [0.15, 0.2) is 33.9 Å². The van der Waals surface area contributed by atoms with Crippen molar-refractivity contribution in [1.82, 2.24) is 19.4 Å². The Morgan fingerprint density at radius 1 is 1.46 bits per heavy atom. The van der Waals surface area contributed by atoms with Crippen LogP contribution in [0.2, 0.25) is 0 Å². The highest BCUT2D eigenvalue weighted by Gasteiger charge is 2.35. The van der Waals surface area contributed by atoms with Gasteiger partial charge in [-0.25, -0.2) is 8.42 Å². The van der Waals surface area contributed by atoms with E-state index in [2.05, 4.69) is 10.4 Å². The fourth-order valence-corrected chi connectivity index (χ4v) is 4.85. The molecule has 1 N–H and O–H groups in total. The van der Waals surface area contributed by atoms with E-state index in [9.17, 15) is 13.2 Å². The molecular formula is C17H24N4O4S. The van der Waals surface area contributed by atoms with Gasteiger partial charge in [-0.1, -0.05) is 0 Å². The van der Waals surface area contributed by atoms with Crippen molar-refractivity contribution in [2.24, 2.45) is 5.92 Å². The normalized spacial score (nSPS) is 18.8. The van der Waals surface area contributed by atoms with Gasteiger partial charge in [-0.15, -0.1) is 0 Å². The number of sulfonamides is 1. The molecule has 2 aromatic rings. The van der Waals surface area contributed by atoms with Crippen LogP contribution in [0.3, 0.4) is 0 Å². The lowest BCUT2D eigenvalue weighted by Crippen LogP contribution is -2.45. The number of carbonyl (C=O) groups excluding carboxylic acids is 1. The molecule has 0 aliphatic carbocycles. The van der Waals surface area contributed by atoms with Crippen LogP contribution in [0.5, 0.6) is 0 Å². The highest BCUT2D eigenvalue weighted by Crippen LogP contribution is 2.25. The maximum Gasteiger partial charge on any atom is 0.246 e. The molecule has 3 heterocycles. The molecule has 1 unspecified atom stereocenters. The van der Waals surface area contributed by atoms with Crippen LogP contribution < -0.4 is 5.32 Å². The predicted octanol–water partition coefficient (Wildman–Crippen LogP) is 1.52. The Hall–Kier alpha value is -2.13. The zero-order valence-electron chi connectivity index (χ0n) is 15.0. The molecule has 3 rings (SSSR count). The highest BCUT2D eigenvalue weighted by atomic mass is 32.2. The number of rotatable bonds is 6. The third-order valence-corrected chi connectivity index (χ3v) is 6.58. The van der Waals surface area contributed by atoms with Gasteiger partial charge in [0.15, 0.2) is 0 Å². The van der Waals surface area contributed by atoms with E-state index in [0.717, 1.165) is 0 Å². The zero-order chi connectivity index (χ0) is 18.7. The Labute approximate surface area is 153 Å². The summed E-state index contributed by atoms with van der Waals surface area (Å²) in [6, 6.07) is 3.54. The van der Waals surface area contributed by atoms with Crippen LogP contribution in [0.1, 0.15) is 31.2 Å². The number of hydrogen-bond acceptors (Lipinski definition) is 5. The molecule has 1 aliphatic heterocycles. The summed E-state index contributed by atoms with van der Waals surface area (Å²) >= 11 is 0. The molecule has 1 saturated heterocycles. The van der Waals surface area contributed by atoms with Crippen LogP contribution in [-0.4, -0.2) is 41.5 Å². The van der Waals surface area contributed by atoms with Crippen molar-refractivity contribution in [2.75, 3.05) is 13.1 Å². The molecule has 9 heteroatoms. The number of amides is 1. The van der Waals surface area contributed by atoms with Gasteiger partial charge in [0.2, 0.25) is 15.9 Å². The first-order valence-corrected chi connectivity index (χ1v) is 10.2. The first-order chi connectivity index (χ1) is 12.4. The van der Waals surface area contributed by atoms with Crippen molar-refractivity contribution in [3.8, 4) is 0 Å². The fourth-order valence-electron chi connectivity index (χ4n) is 3.16. The second-order valence-electron chi connectivity index (χ2n) is 6.43. The van der Waals surface area contributed by atoms with E-state index in [1.54, 1.807) is 36.2 Å². The lowest BCUT2D eigenvalue weighted by molar-refractivity contribution is -0.126. The molecule has 0 spiro atoms. The largest absolute Gasteiger partial charge is 0.467 e. The lowest BCUT2D eigenvalue weighted by atomic mass is 9.99. The van der Waals surface area contributed by atoms with Crippen molar-refractivity contribution in [3.05, 3.63) is 36.0 Å². The van der Waals surface area contributed by atoms with Crippen molar-refractivity contribution in [1.29, 1.82) is 0 Å². The molecule has 0 bridgehead atoms. The van der Waals surface area contributed by atoms with Gasteiger partial charge in [0, 0.05) is 25.8 Å². The predicted molar refractivity (Wildman–Crippen MR) is 94.7 cm³/mol. The minimum absolute atomic E-state index is 0.151. The number of nitrogens with one attached hydrogen (secondary N) is 1. The monoisotopic (exact) mass is 380 g/mol. The first kappa shape index (κ1) is 18.7. The number of piperidine rings is 1. The first-order valence-electron chi connectivity index (χ1n) is 8.76. The van der Waals surface area contributed by atoms with Gasteiger partial charge in [-0.2, -0.15) is 9.40 Å². The standard InChI is InChI=1S/C17H24N4O4S/c1-3-20-12-16(13(2)19-20)26(23,24)21-8-4-6-14(11-21)17(22)18-10-15-7-5-9-25-15/h5,7,9,12,14H,3-4,6,8,10-11H2,1-2H3,(H,18,22). The average molecular weight is 380 g/mol. The lowest BCUT2D eigenvalue weighted by Gasteiger charge is -2.31. The van der Waals surface area contributed by atoms with E-state index in [-0.39, 0.29) is 23.3 Å². The summed E-state index contributed by atoms with van der Waals surface area (Å²) in [6.45, 7) is 5.11. The summed E-state index contributed by atoms with van der Waals surface area (Å²) in [4.78, 5) is 12.6. The maximum absolute atomic E-state index is 13.0. The van der Waals surface area contributed by atoms with Gasteiger partial charge >= 0.3 is 0 Å². The SMILES string of the molecule is CCn1cc(S(=O)(=O)N2CCCC(C(=O)NCc3ccco3)C2)c(C)n1. The molecule has 2 aromatic heterocycles. The Morgan fingerprint density at radius 2 is 2.27 bits per heavy atom. The Bertz CT molecular complexity index is 857. The minimum atomic E-state index is -3.66. The third-order valence-electron chi connectivity index (χ3n) is 4.61. The molecule has 0 aromatic carbocycles. The van der Waals surface area contributed by atoms with Crippen LogP contribution in [0.4, 0.5) is 0 Å². The van der Waals surface area contributed by atoms with Crippen molar-refractivity contribution >= 4 is 15.9 Å². The summed E-state index contributed by atoms with van der Waals surface area (Å²) in [6.07, 6.45) is 4.43. The van der Waals surface area contributed by atoms with E-state index in [0.29, 0.717) is 43.9 Å². The topological polar surface area (TPSA) is 97.4 Å². The average Bonchev–Trinajstić information content (AvgIpc) is 3.29. The number of furan rings is 1. The van der Waals surface area contributed by atoms with Crippen LogP contribution in [0, 0.1) is 12.8 Å². The molecule has 1 aliphatic rings. The van der Waals surface area contributed by atoms with Gasteiger partial charge in [-0.05, 0) is 38.8 Å². The van der Waals surface area contributed by atoms with Crippen molar-refractivity contribution in [3.63, 3.8) is 0 Å². The van der Waals surface area contributed by atoms with E-state index in [1.807, 2.05) is 6.92 Å². The van der Waals surface area contributed by atoms with E-state index in [4.69, 9.17) is 4.42 Å². The van der Waals surface area contributed by atoms with Gasteiger partial charge in [0.1, 0.15) is 10.7 Å². The summed E-state index contributed by atoms with van der Waals surface area (Å²) in [5.41, 5.74) is 0.483.